The van der Waals surface area contributed by atoms with E-state index in [0.717, 1.165) is 128 Å². The highest BCUT2D eigenvalue weighted by Crippen LogP contribution is 2.12. The molecule has 0 heterocycles. The lowest BCUT2D eigenvalue weighted by Gasteiger charge is -2.18. The Hall–Kier alpha value is -4.19. The Morgan fingerprint density at radius 3 is 1.03 bits per heavy atom. The highest BCUT2D eigenvalue weighted by atomic mass is 16.6. The summed E-state index contributed by atoms with van der Waals surface area (Å²) in [5.41, 5.74) is 0. The van der Waals surface area contributed by atoms with Crippen LogP contribution in [-0.4, -0.2) is 37.2 Å². The van der Waals surface area contributed by atoms with E-state index in [4.69, 9.17) is 14.2 Å². The van der Waals surface area contributed by atoms with Crippen LogP contribution in [-0.2, 0) is 28.6 Å². The quantitative estimate of drug-likeness (QED) is 0.0263. The average molecular weight is 871 g/mol. The van der Waals surface area contributed by atoms with E-state index >= 15 is 0 Å². The summed E-state index contributed by atoms with van der Waals surface area (Å²) in [6, 6.07) is 0. The number of ether oxygens (including phenoxy) is 3. The first-order valence-corrected chi connectivity index (χ1v) is 25.0. The van der Waals surface area contributed by atoms with E-state index < -0.39 is 6.10 Å². The average Bonchev–Trinajstić information content (AvgIpc) is 3.28. The molecule has 354 valence electrons. The summed E-state index contributed by atoms with van der Waals surface area (Å²) in [6.45, 7) is 6.27. The van der Waals surface area contributed by atoms with Crippen LogP contribution in [0.1, 0.15) is 201 Å². The number of hydrogen-bond donors (Lipinski definition) is 0. The van der Waals surface area contributed by atoms with Crippen molar-refractivity contribution in [3.05, 3.63) is 122 Å². The van der Waals surface area contributed by atoms with E-state index in [0.29, 0.717) is 19.3 Å². The lowest BCUT2D eigenvalue weighted by atomic mass is 10.1. The molecule has 6 nitrogen and oxygen atoms in total. The maximum Gasteiger partial charge on any atom is 0.306 e. The van der Waals surface area contributed by atoms with Gasteiger partial charge in [0, 0.05) is 19.3 Å². The van der Waals surface area contributed by atoms with Crippen molar-refractivity contribution in [3.8, 4) is 0 Å². The molecule has 0 aromatic heterocycles. The molecule has 63 heavy (non-hydrogen) atoms. The maximum absolute atomic E-state index is 12.8. The lowest BCUT2D eigenvalue weighted by molar-refractivity contribution is -0.167. The molecule has 0 unspecified atom stereocenters. The molecule has 0 aliphatic heterocycles. The molecule has 0 radical (unpaired) electrons. The number of carbonyl (C=O) groups excluding carboxylic acids is 3. The fourth-order valence-corrected chi connectivity index (χ4v) is 6.21. The first-order chi connectivity index (χ1) is 31.0. The summed E-state index contributed by atoms with van der Waals surface area (Å²) < 4.78 is 16.7. The molecule has 0 aromatic rings. The second kappa shape index (κ2) is 50.5. The molecule has 0 fully saturated rings. The van der Waals surface area contributed by atoms with Crippen LogP contribution in [0.15, 0.2) is 122 Å². The SMILES string of the molecule is CC/C=C\C/C=C\C/C=C\C/C=C\C/C=C\CCCC(=O)O[C@H](COC(=O)CCCCCC/C=C\C/C=C\C/C=C\C/C=C\CC)COC(=O)CCCCCCC/C=C\CCCC. The first kappa shape index (κ1) is 58.8. The third-order valence-electron chi connectivity index (χ3n) is 9.93. The molecule has 0 bridgehead atoms. The van der Waals surface area contributed by atoms with Gasteiger partial charge >= 0.3 is 17.9 Å². The predicted molar refractivity (Wildman–Crippen MR) is 269 cm³/mol. The van der Waals surface area contributed by atoms with Crippen molar-refractivity contribution >= 4 is 17.9 Å². The minimum Gasteiger partial charge on any atom is -0.462 e. The van der Waals surface area contributed by atoms with Crippen LogP contribution in [0, 0.1) is 0 Å². The lowest BCUT2D eigenvalue weighted by Crippen LogP contribution is -2.30. The van der Waals surface area contributed by atoms with E-state index in [9.17, 15) is 14.4 Å². The van der Waals surface area contributed by atoms with Gasteiger partial charge in [-0.05, 0) is 116 Å². The summed E-state index contributed by atoms with van der Waals surface area (Å²) in [5.74, 6) is -1.02. The van der Waals surface area contributed by atoms with E-state index in [-0.39, 0.29) is 37.5 Å². The molecule has 0 aromatic carbocycles. The zero-order chi connectivity index (χ0) is 45.8. The molecule has 0 amide bonds. The van der Waals surface area contributed by atoms with Crippen molar-refractivity contribution in [2.45, 2.75) is 207 Å². The Morgan fingerprint density at radius 2 is 0.635 bits per heavy atom. The zero-order valence-corrected chi connectivity index (χ0v) is 40.3. The molecule has 0 saturated heterocycles. The van der Waals surface area contributed by atoms with Gasteiger partial charge in [0.2, 0.25) is 0 Å². The molecule has 0 spiro atoms. The highest BCUT2D eigenvalue weighted by molar-refractivity contribution is 5.71. The van der Waals surface area contributed by atoms with Gasteiger partial charge in [-0.15, -0.1) is 0 Å². The van der Waals surface area contributed by atoms with E-state index in [2.05, 4.69) is 142 Å². The summed E-state index contributed by atoms with van der Waals surface area (Å²) in [6.07, 6.45) is 69.0. The maximum atomic E-state index is 12.8. The zero-order valence-electron chi connectivity index (χ0n) is 40.3. The first-order valence-electron chi connectivity index (χ1n) is 25.0. The number of hydrogen-bond acceptors (Lipinski definition) is 6. The monoisotopic (exact) mass is 871 g/mol. The van der Waals surface area contributed by atoms with E-state index in [1.807, 2.05) is 0 Å². The topological polar surface area (TPSA) is 78.9 Å². The van der Waals surface area contributed by atoms with Gasteiger partial charge in [-0.2, -0.15) is 0 Å². The summed E-state index contributed by atoms with van der Waals surface area (Å²) >= 11 is 0. The normalized spacial score (nSPS) is 13.1. The largest absolute Gasteiger partial charge is 0.462 e. The summed E-state index contributed by atoms with van der Waals surface area (Å²) in [4.78, 5) is 37.9. The number of unbranched alkanes of at least 4 members (excludes halogenated alkanes) is 12. The van der Waals surface area contributed by atoms with Gasteiger partial charge in [-0.25, -0.2) is 0 Å². The Bertz CT molecular complexity index is 1370. The molecule has 0 saturated carbocycles. The molecule has 6 heteroatoms. The second-order valence-corrected chi connectivity index (χ2v) is 16.0. The third-order valence-corrected chi connectivity index (χ3v) is 9.93. The van der Waals surface area contributed by atoms with Crippen molar-refractivity contribution in [3.63, 3.8) is 0 Å². The standard InChI is InChI=1S/C57H90O6/c1-4-7-10-13-16-19-22-24-26-28-30-32-35-38-41-44-47-50-56(59)62-53-54(52-61-55(58)49-46-43-40-37-34-21-18-15-12-9-6-3)63-57(60)51-48-45-42-39-36-33-31-29-27-25-23-20-17-14-11-8-5-2/h7-8,10-11,15-20,24-27,30-33,39,42,54H,4-6,9,12-14,21-23,28-29,34-38,40-41,43-53H2,1-3H3/b10-7-,11-8-,18-15-,19-16-,20-17-,26-24-,27-25-,32-30-,33-31-,42-39-/t54-/m0/s1. The van der Waals surface area contributed by atoms with Crippen LogP contribution in [0.2, 0.25) is 0 Å². The Labute approximate surface area is 386 Å². The fourth-order valence-electron chi connectivity index (χ4n) is 6.21. The van der Waals surface area contributed by atoms with Crippen molar-refractivity contribution in [2.24, 2.45) is 0 Å². The number of allylic oxidation sites excluding steroid dienone is 20. The number of esters is 3. The van der Waals surface area contributed by atoms with Crippen LogP contribution >= 0.6 is 0 Å². The predicted octanol–water partition coefficient (Wildman–Crippen LogP) is 16.5. The van der Waals surface area contributed by atoms with Crippen LogP contribution in [0.3, 0.4) is 0 Å². The van der Waals surface area contributed by atoms with Crippen molar-refractivity contribution in [2.75, 3.05) is 13.2 Å². The molecular formula is C57H90O6. The van der Waals surface area contributed by atoms with Gasteiger partial charge < -0.3 is 14.2 Å². The molecule has 0 aliphatic carbocycles. The van der Waals surface area contributed by atoms with E-state index in [1.54, 1.807) is 0 Å². The molecule has 0 rings (SSSR count). The minimum absolute atomic E-state index is 0.117. The third kappa shape index (κ3) is 48.7. The van der Waals surface area contributed by atoms with Gasteiger partial charge in [0.05, 0.1) is 0 Å². The summed E-state index contributed by atoms with van der Waals surface area (Å²) in [7, 11) is 0. The smallest absolute Gasteiger partial charge is 0.306 e. The van der Waals surface area contributed by atoms with Crippen molar-refractivity contribution < 1.29 is 28.6 Å². The number of rotatable bonds is 43. The molecular weight excluding hydrogens is 781 g/mol. The second-order valence-electron chi connectivity index (χ2n) is 16.0. The molecule has 1 atom stereocenters. The van der Waals surface area contributed by atoms with Crippen LogP contribution in [0.5, 0.6) is 0 Å². The molecule has 0 aliphatic rings. The van der Waals surface area contributed by atoms with E-state index in [1.165, 1.54) is 25.7 Å². The van der Waals surface area contributed by atoms with Crippen molar-refractivity contribution in [1.82, 2.24) is 0 Å². The number of carbonyl (C=O) groups is 3. The Kier molecular flexibility index (Phi) is 47.1. The van der Waals surface area contributed by atoms with Gasteiger partial charge in [0.25, 0.3) is 0 Å². The van der Waals surface area contributed by atoms with Gasteiger partial charge in [0.1, 0.15) is 13.2 Å². The van der Waals surface area contributed by atoms with Gasteiger partial charge in [0.15, 0.2) is 6.10 Å². The van der Waals surface area contributed by atoms with Crippen LogP contribution in [0.4, 0.5) is 0 Å². The Morgan fingerprint density at radius 1 is 0.333 bits per heavy atom. The molecule has 0 N–H and O–H groups in total. The summed E-state index contributed by atoms with van der Waals surface area (Å²) in [5, 5.41) is 0. The van der Waals surface area contributed by atoms with Crippen LogP contribution in [0.25, 0.3) is 0 Å². The highest BCUT2D eigenvalue weighted by Gasteiger charge is 2.19. The van der Waals surface area contributed by atoms with Gasteiger partial charge in [-0.3, -0.25) is 14.4 Å². The van der Waals surface area contributed by atoms with Crippen LogP contribution < -0.4 is 0 Å². The minimum atomic E-state index is -0.824. The van der Waals surface area contributed by atoms with Gasteiger partial charge in [-0.1, -0.05) is 187 Å². The fraction of sp³-hybridized carbons (Fsp3) is 0.596. The Balaban J connectivity index is 4.55. The van der Waals surface area contributed by atoms with Crippen molar-refractivity contribution in [1.29, 1.82) is 0 Å².